The van der Waals surface area contributed by atoms with Gasteiger partial charge in [0.25, 0.3) is 5.91 Å². The first-order valence-electron chi connectivity index (χ1n) is 9.86. The summed E-state index contributed by atoms with van der Waals surface area (Å²) in [6.45, 7) is -0.505. The van der Waals surface area contributed by atoms with Gasteiger partial charge in [0.2, 0.25) is 5.91 Å². The minimum atomic E-state index is -4.41. The number of nitrogens with one attached hydrogen (secondary N) is 1. The van der Waals surface area contributed by atoms with Crippen LogP contribution < -0.4 is 14.8 Å². The largest absolute Gasteiger partial charge is 0.484 e. The summed E-state index contributed by atoms with van der Waals surface area (Å²) in [5, 5.41) is 2.76. The second-order valence-electron chi connectivity index (χ2n) is 7.17. The third-order valence-electron chi connectivity index (χ3n) is 4.85. The van der Waals surface area contributed by atoms with Crippen molar-refractivity contribution in [1.82, 2.24) is 4.90 Å². The van der Waals surface area contributed by atoms with Gasteiger partial charge in [-0.05, 0) is 49.2 Å². The first-order valence-corrected chi connectivity index (χ1v) is 9.86. The van der Waals surface area contributed by atoms with Gasteiger partial charge < -0.3 is 19.7 Å². The van der Waals surface area contributed by atoms with E-state index in [0.717, 1.165) is 0 Å². The molecule has 0 aliphatic carbocycles. The topological polar surface area (TPSA) is 67.9 Å². The molecule has 6 nitrogen and oxygen atoms in total. The van der Waals surface area contributed by atoms with E-state index in [4.69, 9.17) is 4.74 Å². The normalized spacial score (nSPS) is 14.7. The van der Waals surface area contributed by atoms with Crippen molar-refractivity contribution in [2.24, 2.45) is 5.92 Å². The number of ether oxygens (including phenoxy) is 2. The van der Waals surface area contributed by atoms with E-state index in [-0.39, 0.29) is 30.1 Å². The Morgan fingerprint density at radius 2 is 1.55 bits per heavy atom. The molecule has 1 saturated heterocycles. The maximum absolute atomic E-state index is 12.5. The Balaban J connectivity index is 1.41. The number of rotatable bonds is 7. The predicted octanol–water partition coefficient (Wildman–Crippen LogP) is 3.88. The molecule has 1 aliphatic rings. The molecule has 31 heavy (non-hydrogen) atoms. The maximum Gasteiger partial charge on any atom is 0.422 e. The minimum absolute atomic E-state index is 0.0519. The average molecular weight is 436 g/mol. The van der Waals surface area contributed by atoms with Gasteiger partial charge >= 0.3 is 6.18 Å². The van der Waals surface area contributed by atoms with Crippen LogP contribution in [0.3, 0.4) is 0 Å². The Bertz CT molecular complexity index is 865. The molecule has 1 aliphatic heterocycles. The lowest BCUT2D eigenvalue weighted by Gasteiger charge is -2.31. The molecule has 1 heterocycles. The zero-order valence-corrected chi connectivity index (χ0v) is 16.7. The molecule has 0 saturated carbocycles. The quantitative estimate of drug-likeness (QED) is 0.715. The summed E-state index contributed by atoms with van der Waals surface area (Å²) in [5.74, 6) is 0.133. The van der Waals surface area contributed by atoms with Crippen LogP contribution in [0, 0.1) is 5.92 Å². The van der Waals surface area contributed by atoms with Crippen LogP contribution in [0.15, 0.2) is 54.6 Å². The van der Waals surface area contributed by atoms with Gasteiger partial charge in [0.15, 0.2) is 13.2 Å². The number of piperidine rings is 1. The molecule has 0 atom stereocenters. The molecule has 0 spiro atoms. The van der Waals surface area contributed by atoms with E-state index in [1.54, 1.807) is 17.0 Å². The van der Waals surface area contributed by atoms with Crippen LogP contribution in [0.25, 0.3) is 0 Å². The number of hydrogen-bond donors (Lipinski definition) is 1. The van der Waals surface area contributed by atoms with Crippen molar-refractivity contribution in [1.29, 1.82) is 0 Å². The van der Waals surface area contributed by atoms with Crippen molar-refractivity contribution < 1.29 is 32.2 Å². The first kappa shape index (κ1) is 22.5. The van der Waals surface area contributed by atoms with Gasteiger partial charge in [0, 0.05) is 24.7 Å². The van der Waals surface area contributed by atoms with E-state index in [9.17, 15) is 22.8 Å². The second kappa shape index (κ2) is 10.2. The molecule has 1 fully saturated rings. The fourth-order valence-corrected chi connectivity index (χ4v) is 3.19. The number of amides is 2. The molecule has 0 bridgehead atoms. The van der Waals surface area contributed by atoms with Crippen molar-refractivity contribution in [2.45, 2.75) is 19.0 Å². The SMILES string of the molecule is O=C(Nc1ccc(OCC(F)(F)F)cc1)C1CCN(C(=O)COc2ccccc2)CC1. The second-order valence-corrected chi connectivity index (χ2v) is 7.17. The Hall–Kier alpha value is -3.23. The first-order chi connectivity index (χ1) is 14.8. The summed E-state index contributed by atoms with van der Waals surface area (Å²) in [7, 11) is 0. The number of likely N-dealkylation sites (tertiary alicyclic amines) is 1. The lowest BCUT2D eigenvalue weighted by Crippen LogP contribution is -2.43. The van der Waals surface area contributed by atoms with E-state index in [2.05, 4.69) is 10.1 Å². The van der Waals surface area contributed by atoms with Crippen molar-refractivity contribution in [3.05, 3.63) is 54.6 Å². The van der Waals surface area contributed by atoms with Gasteiger partial charge in [0.05, 0.1) is 0 Å². The molecular formula is C22H23F3N2O4. The van der Waals surface area contributed by atoms with Crippen LogP contribution in [0.4, 0.5) is 18.9 Å². The van der Waals surface area contributed by atoms with Gasteiger partial charge in [-0.2, -0.15) is 13.2 Å². The fourth-order valence-electron chi connectivity index (χ4n) is 3.19. The molecular weight excluding hydrogens is 413 g/mol. The summed E-state index contributed by atoms with van der Waals surface area (Å²) in [5.41, 5.74) is 0.471. The zero-order valence-electron chi connectivity index (χ0n) is 16.7. The number of anilines is 1. The number of carbonyl (C=O) groups excluding carboxylic acids is 2. The molecule has 0 unspecified atom stereocenters. The van der Waals surface area contributed by atoms with Gasteiger partial charge in [0.1, 0.15) is 11.5 Å². The standard InChI is InChI=1S/C22H23F3N2O4/c23-22(24,25)15-31-19-8-6-17(7-9-19)26-21(29)16-10-12-27(13-11-16)20(28)14-30-18-4-2-1-3-5-18/h1-9,16H,10-15H2,(H,26,29). The lowest BCUT2D eigenvalue weighted by atomic mass is 9.95. The summed E-state index contributed by atoms with van der Waals surface area (Å²) in [6.07, 6.45) is -3.36. The number of para-hydroxylation sites is 1. The summed E-state index contributed by atoms with van der Waals surface area (Å²) in [6, 6.07) is 14.8. The van der Waals surface area contributed by atoms with Crippen LogP contribution >= 0.6 is 0 Å². The maximum atomic E-state index is 12.5. The van der Waals surface area contributed by atoms with Crippen molar-refractivity contribution >= 4 is 17.5 Å². The number of hydrogen-bond acceptors (Lipinski definition) is 4. The average Bonchev–Trinajstić information content (AvgIpc) is 2.77. The van der Waals surface area contributed by atoms with Crippen LogP contribution in [0.5, 0.6) is 11.5 Å². The van der Waals surface area contributed by atoms with E-state index >= 15 is 0 Å². The third-order valence-corrected chi connectivity index (χ3v) is 4.85. The number of halogens is 3. The third kappa shape index (κ3) is 7.20. The van der Waals surface area contributed by atoms with Crippen molar-refractivity contribution in [3.8, 4) is 11.5 Å². The van der Waals surface area contributed by atoms with Gasteiger partial charge in [-0.25, -0.2) is 0 Å². The highest BCUT2D eigenvalue weighted by Crippen LogP contribution is 2.23. The molecule has 1 N–H and O–H groups in total. The lowest BCUT2D eigenvalue weighted by molar-refractivity contribution is -0.153. The van der Waals surface area contributed by atoms with E-state index < -0.39 is 12.8 Å². The molecule has 3 rings (SSSR count). The number of alkyl halides is 3. The number of benzene rings is 2. The van der Waals surface area contributed by atoms with Crippen LogP contribution in [0.1, 0.15) is 12.8 Å². The smallest absolute Gasteiger partial charge is 0.422 e. The molecule has 2 amide bonds. The van der Waals surface area contributed by atoms with Gasteiger partial charge in [-0.15, -0.1) is 0 Å². The van der Waals surface area contributed by atoms with Crippen LogP contribution in [0.2, 0.25) is 0 Å². The van der Waals surface area contributed by atoms with Crippen LogP contribution in [-0.4, -0.2) is 49.2 Å². The molecule has 0 aromatic heterocycles. The van der Waals surface area contributed by atoms with Crippen molar-refractivity contribution in [2.75, 3.05) is 31.6 Å². The Kier molecular flexibility index (Phi) is 7.38. The summed E-state index contributed by atoms with van der Waals surface area (Å²) >= 11 is 0. The Morgan fingerprint density at radius 1 is 0.935 bits per heavy atom. The molecule has 2 aromatic carbocycles. The molecule has 2 aromatic rings. The zero-order chi connectivity index (χ0) is 22.3. The highest BCUT2D eigenvalue weighted by atomic mass is 19.4. The molecule has 166 valence electrons. The predicted molar refractivity (Wildman–Crippen MR) is 108 cm³/mol. The monoisotopic (exact) mass is 436 g/mol. The fraction of sp³-hybridized carbons (Fsp3) is 0.364. The van der Waals surface area contributed by atoms with E-state index in [1.807, 2.05) is 18.2 Å². The van der Waals surface area contributed by atoms with Crippen molar-refractivity contribution in [3.63, 3.8) is 0 Å². The molecule has 0 radical (unpaired) electrons. The highest BCUT2D eigenvalue weighted by molar-refractivity contribution is 5.92. The Labute approximate surface area is 177 Å². The van der Waals surface area contributed by atoms with E-state index in [0.29, 0.717) is 37.4 Å². The highest BCUT2D eigenvalue weighted by Gasteiger charge is 2.29. The summed E-state index contributed by atoms with van der Waals surface area (Å²) in [4.78, 5) is 26.5. The summed E-state index contributed by atoms with van der Waals surface area (Å²) < 4.78 is 46.7. The van der Waals surface area contributed by atoms with Gasteiger partial charge in [-0.1, -0.05) is 18.2 Å². The van der Waals surface area contributed by atoms with E-state index in [1.165, 1.54) is 24.3 Å². The van der Waals surface area contributed by atoms with Crippen LogP contribution in [-0.2, 0) is 9.59 Å². The Morgan fingerprint density at radius 3 is 2.16 bits per heavy atom. The number of carbonyl (C=O) groups is 2. The molecule has 9 heteroatoms. The number of nitrogens with zero attached hydrogens (tertiary/aromatic N) is 1. The minimum Gasteiger partial charge on any atom is -0.484 e. The van der Waals surface area contributed by atoms with Gasteiger partial charge in [-0.3, -0.25) is 9.59 Å².